The quantitative estimate of drug-likeness (QED) is 0.883. The lowest BCUT2D eigenvalue weighted by molar-refractivity contribution is -0.135. The highest BCUT2D eigenvalue weighted by molar-refractivity contribution is 5.90. The smallest absolute Gasteiger partial charge is 0.243 e. The van der Waals surface area contributed by atoms with Crippen molar-refractivity contribution in [1.82, 2.24) is 10.2 Å². The van der Waals surface area contributed by atoms with Gasteiger partial charge in [0.2, 0.25) is 18.6 Å². The molecule has 0 radical (unpaired) electrons. The summed E-state index contributed by atoms with van der Waals surface area (Å²) in [5.74, 6) is 1.28. The number of hydrogen-bond donors (Lipinski definition) is 1. The van der Waals surface area contributed by atoms with Gasteiger partial charge in [-0.25, -0.2) is 0 Å². The van der Waals surface area contributed by atoms with Crippen LogP contribution in [-0.2, 0) is 22.7 Å². The number of likely N-dealkylation sites (tertiary alicyclic amines) is 1. The van der Waals surface area contributed by atoms with Gasteiger partial charge in [0.25, 0.3) is 0 Å². The van der Waals surface area contributed by atoms with E-state index in [1.54, 1.807) is 4.90 Å². The van der Waals surface area contributed by atoms with E-state index in [0.29, 0.717) is 37.4 Å². The molecule has 140 valence electrons. The molecule has 0 saturated carbocycles. The van der Waals surface area contributed by atoms with Gasteiger partial charge in [-0.15, -0.1) is 0 Å². The van der Waals surface area contributed by atoms with E-state index in [1.807, 2.05) is 49.4 Å². The second kappa shape index (κ2) is 7.31. The molecular formula is C21H22N2O4. The second-order valence-corrected chi connectivity index (χ2v) is 6.97. The van der Waals surface area contributed by atoms with Crippen molar-refractivity contribution in [1.29, 1.82) is 0 Å². The molecule has 27 heavy (non-hydrogen) atoms. The summed E-state index contributed by atoms with van der Waals surface area (Å²) in [5, 5.41) is 2.97. The average molecular weight is 366 g/mol. The number of ether oxygens (including phenoxy) is 2. The number of nitrogens with one attached hydrogen (secondary N) is 1. The van der Waals surface area contributed by atoms with Crippen LogP contribution < -0.4 is 14.8 Å². The molecule has 1 atom stereocenters. The van der Waals surface area contributed by atoms with Crippen LogP contribution in [0.2, 0.25) is 0 Å². The van der Waals surface area contributed by atoms with E-state index < -0.39 is 6.04 Å². The molecule has 2 heterocycles. The number of carbonyl (C=O) groups excluding carboxylic acids is 2. The van der Waals surface area contributed by atoms with Crippen molar-refractivity contribution in [2.75, 3.05) is 6.79 Å². The number of rotatable bonds is 5. The number of amides is 2. The third-order valence-corrected chi connectivity index (χ3v) is 4.97. The van der Waals surface area contributed by atoms with Gasteiger partial charge in [0.05, 0.1) is 0 Å². The molecule has 2 aliphatic rings. The fourth-order valence-corrected chi connectivity index (χ4v) is 3.57. The molecule has 0 aromatic heterocycles. The molecule has 6 nitrogen and oxygen atoms in total. The predicted octanol–water partition coefficient (Wildman–Crippen LogP) is 2.53. The number of benzene rings is 2. The Hall–Kier alpha value is -3.02. The molecule has 2 aliphatic heterocycles. The summed E-state index contributed by atoms with van der Waals surface area (Å²) >= 11 is 0. The predicted molar refractivity (Wildman–Crippen MR) is 99.2 cm³/mol. The highest BCUT2D eigenvalue weighted by atomic mass is 16.7. The van der Waals surface area contributed by atoms with Gasteiger partial charge in [-0.1, -0.05) is 35.9 Å². The Labute approximate surface area is 158 Å². The molecule has 0 unspecified atom stereocenters. The van der Waals surface area contributed by atoms with E-state index in [4.69, 9.17) is 9.47 Å². The van der Waals surface area contributed by atoms with Crippen molar-refractivity contribution in [3.8, 4) is 11.5 Å². The molecule has 0 spiro atoms. The number of nitrogens with zero attached hydrogens (tertiary/aromatic N) is 1. The number of hydrogen-bond acceptors (Lipinski definition) is 4. The maximum Gasteiger partial charge on any atom is 0.243 e. The van der Waals surface area contributed by atoms with Gasteiger partial charge in [0, 0.05) is 19.5 Å². The van der Waals surface area contributed by atoms with E-state index in [9.17, 15) is 9.59 Å². The Bertz CT molecular complexity index is 880. The number of aryl methyl sites for hydroxylation is 1. The minimum absolute atomic E-state index is 0.00312. The summed E-state index contributed by atoms with van der Waals surface area (Å²) in [4.78, 5) is 26.7. The molecule has 2 aromatic rings. The first-order chi connectivity index (χ1) is 13.1. The van der Waals surface area contributed by atoms with Crippen molar-refractivity contribution in [3.63, 3.8) is 0 Å². The van der Waals surface area contributed by atoms with Crippen LogP contribution in [0.4, 0.5) is 0 Å². The monoisotopic (exact) mass is 366 g/mol. The van der Waals surface area contributed by atoms with Crippen molar-refractivity contribution in [2.24, 2.45) is 0 Å². The minimum Gasteiger partial charge on any atom is -0.454 e. The largest absolute Gasteiger partial charge is 0.454 e. The maximum atomic E-state index is 12.7. The fourth-order valence-electron chi connectivity index (χ4n) is 3.57. The molecule has 4 rings (SSSR count). The van der Waals surface area contributed by atoms with Crippen LogP contribution in [0.1, 0.15) is 29.5 Å². The zero-order valence-corrected chi connectivity index (χ0v) is 15.2. The Morgan fingerprint density at radius 1 is 1.15 bits per heavy atom. The molecule has 2 amide bonds. The van der Waals surface area contributed by atoms with Crippen LogP contribution in [0.25, 0.3) is 0 Å². The van der Waals surface area contributed by atoms with Crippen molar-refractivity contribution >= 4 is 11.8 Å². The standard InChI is InChI=1S/C21H22N2O4/c1-14-3-2-4-15(9-14)11-22-21(25)17-6-8-20(24)23(17)12-16-5-7-18-19(10-16)27-13-26-18/h2-5,7,9-10,17H,6,8,11-13H2,1H3,(H,22,25)/t17-/m0/s1. The molecule has 1 fully saturated rings. The van der Waals surface area contributed by atoms with Gasteiger partial charge in [-0.3, -0.25) is 9.59 Å². The third kappa shape index (κ3) is 3.74. The van der Waals surface area contributed by atoms with E-state index in [1.165, 1.54) is 0 Å². The molecule has 0 bridgehead atoms. The number of fused-ring (bicyclic) bond motifs is 1. The first-order valence-corrected chi connectivity index (χ1v) is 9.11. The zero-order valence-electron chi connectivity index (χ0n) is 15.2. The molecule has 1 N–H and O–H groups in total. The first-order valence-electron chi connectivity index (χ1n) is 9.11. The molecule has 6 heteroatoms. The summed E-state index contributed by atoms with van der Waals surface area (Å²) in [5.41, 5.74) is 3.13. The molecule has 2 aromatic carbocycles. The highest BCUT2D eigenvalue weighted by Crippen LogP contribution is 2.33. The second-order valence-electron chi connectivity index (χ2n) is 6.97. The van der Waals surface area contributed by atoms with Gasteiger partial charge in [0.15, 0.2) is 11.5 Å². The zero-order chi connectivity index (χ0) is 18.8. The first kappa shape index (κ1) is 17.4. The van der Waals surface area contributed by atoms with Gasteiger partial charge >= 0.3 is 0 Å². The maximum absolute atomic E-state index is 12.7. The summed E-state index contributed by atoms with van der Waals surface area (Å²) in [6.45, 7) is 3.08. The fraction of sp³-hybridized carbons (Fsp3) is 0.333. The molecular weight excluding hydrogens is 344 g/mol. The van der Waals surface area contributed by atoms with Crippen LogP contribution in [0, 0.1) is 6.92 Å². The van der Waals surface area contributed by atoms with E-state index in [0.717, 1.165) is 16.7 Å². The van der Waals surface area contributed by atoms with E-state index in [-0.39, 0.29) is 18.6 Å². The van der Waals surface area contributed by atoms with Crippen LogP contribution in [-0.4, -0.2) is 29.5 Å². The Balaban J connectivity index is 1.42. The molecule has 1 saturated heterocycles. The summed E-state index contributed by atoms with van der Waals surface area (Å²) in [6.07, 6.45) is 0.941. The van der Waals surface area contributed by atoms with Gasteiger partial charge in [-0.2, -0.15) is 0 Å². The Morgan fingerprint density at radius 3 is 2.85 bits per heavy atom. The lowest BCUT2D eigenvalue weighted by Gasteiger charge is -2.24. The van der Waals surface area contributed by atoms with Gasteiger partial charge < -0.3 is 19.7 Å². The normalized spacial score (nSPS) is 18.0. The summed E-state index contributed by atoms with van der Waals surface area (Å²) in [6, 6.07) is 13.2. The van der Waals surface area contributed by atoms with Crippen LogP contribution in [0.3, 0.4) is 0 Å². The molecule has 0 aliphatic carbocycles. The SMILES string of the molecule is Cc1cccc(CNC(=O)[C@@H]2CCC(=O)N2Cc2ccc3c(c2)OCO3)c1. The third-order valence-electron chi connectivity index (χ3n) is 4.97. The minimum atomic E-state index is -0.437. The van der Waals surface area contributed by atoms with Crippen LogP contribution >= 0.6 is 0 Å². The summed E-state index contributed by atoms with van der Waals surface area (Å²) in [7, 11) is 0. The average Bonchev–Trinajstić information content (AvgIpc) is 3.27. The van der Waals surface area contributed by atoms with Crippen LogP contribution in [0.5, 0.6) is 11.5 Å². The van der Waals surface area contributed by atoms with Gasteiger partial charge in [-0.05, 0) is 36.6 Å². The van der Waals surface area contributed by atoms with E-state index >= 15 is 0 Å². The number of carbonyl (C=O) groups is 2. The summed E-state index contributed by atoms with van der Waals surface area (Å²) < 4.78 is 10.7. The van der Waals surface area contributed by atoms with Gasteiger partial charge in [0.1, 0.15) is 6.04 Å². The van der Waals surface area contributed by atoms with Crippen molar-refractivity contribution < 1.29 is 19.1 Å². The van der Waals surface area contributed by atoms with E-state index in [2.05, 4.69) is 5.32 Å². The van der Waals surface area contributed by atoms with Crippen LogP contribution in [0.15, 0.2) is 42.5 Å². The highest BCUT2D eigenvalue weighted by Gasteiger charge is 2.36. The lowest BCUT2D eigenvalue weighted by Crippen LogP contribution is -2.44. The van der Waals surface area contributed by atoms with Crippen molar-refractivity contribution in [2.45, 2.75) is 38.9 Å². The van der Waals surface area contributed by atoms with Crippen molar-refractivity contribution in [3.05, 3.63) is 59.2 Å². The topological polar surface area (TPSA) is 67.9 Å². The lowest BCUT2D eigenvalue weighted by atomic mass is 10.1. The Morgan fingerprint density at radius 2 is 2.00 bits per heavy atom. The Kier molecular flexibility index (Phi) is 4.71.